The molecule has 2 aromatic rings. The van der Waals surface area contributed by atoms with Crippen molar-refractivity contribution in [2.45, 2.75) is 37.1 Å². The van der Waals surface area contributed by atoms with Gasteiger partial charge in [-0.1, -0.05) is 24.8 Å². The van der Waals surface area contributed by atoms with Gasteiger partial charge in [0, 0.05) is 17.8 Å². The summed E-state index contributed by atoms with van der Waals surface area (Å²) in [7, 11) is 0. The third-order valence-corrected chi connectivity index (χ3v) is 4.47. The van der Waals surface area contributed by atoms with Crippen molar-refractivity contribution in [3.05, 3.63) is 28.2 Å². The molecule has 2 N–H and O–H groups in total. The molecule has 7 heteroatoms. The molecule has 0 fully saturated rings. The first-order valence-electron chi connectivity index (χ1n) is 6.57. The molecule has 1 atom stereocenters. The molecule has 0 aromatic carbocycles. The van der Waals surface area contributed by atoms with Gasteiger partial charge < -0.3 is 5.32 Å². The highest BCUT2D eigenvalue weighted by Crippen LogP contribution is 2.20. The fraction of sp³-hybridized carbons (Fsp3) is 0.462. The van der Waals surface area contributed by atoms with Gasteiger partial charge in [-0.25, -0.2) is 4.98 Å². The number of nitrogens with zero attached hydrogens (tertiary/aromatic N) is 2. The maximum Gasteiger partial charge on any atom is 0.233 e. The van der Waals surface area contributed by atoms with E-state index < -0.39 is 0 Å². The number of carbonyl (C=O) groups is 1. The van der Waals surface area contributed by atoms with Crippen molar-refractivity contribution in [1.29, 1.82) is 0 Å². The maximum atomic E-state index is 11.8. The summed E-state index contributed by atoms with van der Waals surface area (Å²) in [6.07, 6.45) is 1.69. The van der Waals surface area contributed by atoms with Crippen LogP contribution in [0.2, 0.25) is 0 Å². The molecule has 0 spiro atoms. The van der Waals surface area contributed by atoms with Gasteiger partial charge in [0.05, 0.1) is 5.25 Å². The summed E-state index contributed by atoms with van der Waals surface area (Å²) < 4.78 is 0. The Bertz CT molecular complexity index is 538. The zero-order chi connectivity index (χ0) is 14.4. The van der Waals surface area contributed by atoms with Crippen LogP contribution in [0.3, 0.4) is 0 Å². The second-order valence-corrected chi connectivity index (χ2v) is 6.71. The van der Waals surface area contributed by atoms with E-state index in [1.54, 1.807) is 11.3 Å². The number of rotatable bonds is 7. The largest absolute Gasteiger partial charge is 0.355 e. The second-order valence-electron chi connectivity index (χ2n) is 4.37. The number of aromatic amines is 1. The summed E-state index contributed by atoms with van der Waals surface area (Å²) in [4.78, 5) is 17.4. The molecule has 2 rings (SSSR count). The van der Waals surface area contributed by atoms with Crippen molar-refractivity contribution in [2.75, 3.05) is 6.54 Å². The monoisotopic (exact) mass is 310 g/mol. The van der Waals surface area contributed by atoms with E-state index in [-0.39, 0.29) is 11.2 Å². The average molecular weight is 310 g/mol. The van der Waals surface area contributed by atoms with Crippen LogP contribution in [0, 0.1) is 0 Å². The summed E-state index contributed by atoms with van der Waals surface area (Å²) >= 11 is 3.07. The van der Waals surface area contributed by atoms with Gasteiger partial charge in [-0.15, -0.1) is 16.4 Å². The fourth-order valence-corrected chi connectivity index (χ4v) is 3.07. The van der Waals surface area contributed by atoms with E-state index in [9.17, 15) is 4.79 Å². The van der Waals surface area contributed by atoms with Gasteiger partial charge in [0.1, 0.15) is 5.82 Å². The lowest BCUT2D eigenvalue weighted by Gasteiger charge is -2.08. The molecule has 0 radical (unpaired) electrons. The van der Waals surface area contributed by atoms with E-state index in [2.05, 4.69) is 26.6 Å². The van der Waals surface area contributed by atoms with Gasteiger partial charge in [-0.3, -0.25) is 9.89 Å². The molecule has 108 valence electrons. The van der Waals surface area contributed by atoms with Crippen LogP contribution in [-0.4, -0.2) is 32.9 Å². The highest BCUT2D eigenvalue weighted by atomic mass is 32.2. The van der Waals surface area contributed by atoms with Crippen LogP contribution >= 0.6 is 23.1 Å². The van der Waals surface area contributed by atoms with E-state index in [1.807, 2.05) is 25.3 Å². The van der Waals surface area contributed by atoms with Crippen LogP contribution in [0.5, 0.6) is 0 Å². The number of thiophene rings is 1. The molecule has 1 amide bonds. The minimum Gasteiger partial charge on any atom is -0.355 e. The highest BCUT2D eigenvalue weighted by Gasteiger charge is 2.16. The van der Waals surface area contributed by atoms with Gasteiger partial charge in [0.2, 0.25) is 11.1 Å². The number of nitrogens with one attached hydrogen (secondary N) is 2. The van der Waals surface area contributed by atoms with E-state index in [4.69, 9.17) is 0 Å². The average Bonchev–Trinajstić information content (AvgIpc) is 3.08. The first kappa shape index (κ1) is 15.1. The van der Waals surface area contributed by atoms with Crippen molar-refractivity contribution >= 4 is 29.0 Å². The lowest BCUT2D eigenvalue weighted by molar-refractivity contribution is -0.120. The molecule has 0 bridgehead atoms. The van der Waals surface area contributed by atoms with Crippen molar-refractivity contribution in [3.8, 4) is 0 Å². The van der Waals surface area contributed by atoms with E-state index in [0.717, 1.165) is 18.7 Å². The van der Waals surface area contributed by atoms with Crippen LogP contribution in [0.4, 0.5) is 0 Å². The number of amides is 1. The molecule has 0 aliphatic heterocycles. The van der Waals surface area contributed by atoms with E-state index >= 15 is 0 Å². The lowest BCUT2D eigenvalue weighted by Crippen LogP contribution is -2.31. The van der Waals surface area contributed by atoms with Gasteiger partial charge in [-0.05, 0) is 24.8 Å². The Kier molecular flexibility index (Phi) is 5.60. The summed E-state index contributed by atoms with van der Waals surface area (Å²) in [5, 5.41) is 12.4. The zero-order valence-electron chi connectivity index (χ0n) is 11.5. The topological polar surface area (TPSA) is 70.7 Å². The second kappa shape index (κ2) is 7.44. The number of thioether (sulfide) groups is 1. The molecule has 2 aromatic heterocycles. The molecule has 0 aliphatic rings. The molecule has 0 aliphatic carbocycles. The van der Waals surface area contributed by atoms with Gasteiger partial charge in [0.15, 0.2) is 0 Å². The first-order valence-corrected chi connectivity index (χ1v) is 8.33. The first-order chi connectivity index (χ1) is 9.69. The van der Waals surface area contributed by atoms with Crippen molar-refractivity contribution in [1.82, 2.24) is 20.5 Å². The zero-order valence-corrected chi connectivity index (χ0v) is 13.2. The number of hydrogen-bond donors (Lipinski definition) is 2. The molecule has 5 nitrogen and oxygen atoms in total. The molecule has 0 saturated heterocycles. The number of H-pyrrole nitrogens is 1. The van der Waals surface area contributed by atoms with Crippen molar-refractivity contribution in [3.63, 3.8) is 0 Å². The van der Waals surface area contributed by atoms with Crippen molar-refractivity contribution < 1.29 is 4.79 Å². The SMILES string of the molecule is CCCNC(=O)C(C)Sc1n[nH]c(Cc2cccs2)n1. The van der Waals surface area contributed by atoms with Crippen LogP contribution in [0.25, 0.3) is 0 Å². The Morgan fingerprint density at radius 3 is 3.15 bits per heavy atom. The quantitative estimate of drug-likeness (QED) is 0.771. The standard InChI is InChI=1S/C13H18N4OS2/c1-3-6-14-12(18)9(2)20-13-15-11(16-17-13)8-10-5-4-7-19-10/h4-5,7,9H,3,6,8H2,1-2H3,(H,14,18)(H,15,16,17). The Balaban J connectivity index is 1.87. The molecular weight excluding hydrogens is 292 g/mol. The Morgan fingerprint density at radius 1 is 1.60 bits per heavy atom. The lowest BCUT2D eigenvalue weighted by atomic mass is 10.3. The third-order valence-electron chi connectivity index (χ3n) is 2.63. The molecule has 1 unspecified atom stereocenters. The van der Waals surface area contributed by atoms with E-state index in [1.165, 1.54) is 16.6 Å². The van der Waals surface area contributed by atoms with Crippen LogP contribution in [-0.2, 0) is 11.2 Å². The van der Waals surface area contributed by atoms with Gasteiger partial charge in [0.25, 0.3) is 0 Å². The summed E-state index contributed by atoms with van der Waals surface area (Å²) in [6, 6.07) is 4.09. The number of carbonyl (C=O) groups excluding carboxylic acids is 1. The summed E-state index contributed by atoms with van der Waals surface area (Å²) in [5.41, 5.74) is 0. The summed E-state index contributed by atoms with van der Waals surface area (Å²) in [5.74, 6) is 0.859. The van der Waals surface area contributed by atoms with Crippen LogP contribution < -0.4 is 5.32 Å². The third kappa shape index (κ3) is 4.35. The summed E-state index contributed by atoms with van der Waals surface area (Å²) in [6.45, 7) is 4.61. The van der Waals surface area contributed by atoms with Crippen LogP contribution in [0.1, 0.15) is 31.0 Å². The Morgan fingerprint density at radius 2 is 2.45 bits per heavy atom. The number of hydrogen-bond acceptors (Lipinski definition) is 5. The molecular formula is C13H18N4OS2. The van der Waals surface area contributed by atoms with Crippen molar-refractivity contribution in [2.24, 2.45) is 0 Å². The minimum absolute atomic E-state index is 0.0291. The Hall–Kier alpha value is -1.34. The minimum atomic E-state index is -0.188. The highest BCUT2D eigenvalue weighted by molar-refractivity contribution is 8.00. The van der Waals surface area contributed by atoms with Gasteiger partial charge >= 0.3 is 0 Å². The molecule has 2 heterocycles. The van der Waals surface area contributed by atoms with Crippen LogP contribution in [0.15, 0.2) is 22.7 Å². The Labute approximate surface area is 126 Å². The predicted molar refractivity (Wildman–Crippen MR) is 82.1 cm³/mol. The van der Waals surface area contributed by atoms with E-state index in [0.29, 0.717) is 11.7 Å². The van der Waals surface area contributed by atoms with Gasteiger partial charge in [-0.2, -0.15) is 0 Å². The molecule has 20 heavy (non-hydrogen) atoms. The number of aromatic nitrogens is 3. The normalized spacial score (nSPS) is 12.3. The smallest absolute Gasteiger partial charge is 0.233 e. The maximum absolute atomic E-state index is 11.8. The fourth-order valence-electron chi connectivity index (χ4n) is 1.59. The molecule has 0 saturated carbocycles. The predicted octanol–water partition coefficient (Wildman–Crippen LogP) is 2.46.